The fourth-order valence-electron chi connectivity index (χ4n) is 4.24. The lowest BCUT2D eigenvalue weighted by Crippen LogP contribution is -2.57. The fraction of sp³-hybridized carbons (Fsp3) is 0.200. The quantitative estimate of drug-likeness (QED) is 0.697. The molecule has 2 heterocycles. The normalized spacial score (nSPS) is 25.7. The molecule has 3 aromatic carbocycles. The van der Waals surface area contributed by atoms with Gasteiger partial charge in [0.2, 0.25) is 5.91 Å². The molecule has 0 aliphatic carbocycles. The molecule has 0 saturated carbocycles. The molecular weight excluding hydrogens is 392 g/mol. The number of nitrogens with one attached hydrogen (secondary N) is 1. The number of amides is 2. The van der Waals surface area contributed by atoms with Crippen molar-refractivity contribution in [2.75, 3.05) is 6.61 Å². The van der Waals surface area contributed by atoms with Gasteiger partial charge >= 0.3 is 6.09 Å². The first kappa shape index (κ1) is 19.3. The third-order valence-corrected chi connectivity index (χ3v) is 5.74. The van der Waals surface area contributed by atoms with Gasteiger partial charge in [-0.05, 0) is 11.1 Å². The van der Waals surface area contributed by atoms with Gasteiger partial charge in [-0.3, -0.25) is 9.69 Å². The van der Waals surface area contributed by atoms with Crippen LogP contribution in [0.2, 0.25) is 0 Å². The van der Waals surface area contributed by atoms with E-state index in [0.717, 1.165) is 16.7 Å². The van der Waals surface area contributed by atoms with Gasteiger partial charge in [0.1, 0.15) is 18.8 Å². The molecule has 4 atom stereocenters. The number of nitrogens with zero attached hydrogens (tertiary/aromatic N) is 1. The van der Waals surface area contributed by atoms with Crippen molar-refractivity contribution in [2.45, 2.75) is 24.4 Å². The Balaban J connectivity index is 1.54. The maximum Gasteiger partial charge on any atom is 0.411 e. The Bertz CT molecular complexity index is 1060. The van der Waals surface area contributed by atoms with Gasteiger partial charge in [-0.25, -0.2) is 4.79 Å². The summed E-state index contributed by atoms with van der Waals surface area (Å²) in [7, 11) is 0. The molecular formula is C25H22N2O4. The zero-order valence-electron chi connectivity index (χ0n) is 16.8. The van der Waals surface area contributed by atoms with Gasteiger partial charge in [-0.15, -0.1) is 0 Å². The molecule has 6 nitrogen and oxygen atoms in total. The molecule has 1 N–H and O–H groups in total. The van der Waals surface area contributed by atoms with E-state index in [9.17, 15) is 9.59 Å². The Morgan fingerprint density at radius 2 is 1.29 bits per heavy atom. The lowest BCUT2D eigenvalue weighted by molar-refractivity contribution is -0.157. The van der Waals surface area contributed by atoms with Gasteiger partial charge in [-0.1, -0.05) is 91.0 Å². The van der Waals surface area contributed by atoms with Crippen LogP contribution in [0.3, 0.4) is 0 Å². The summed E-state index contributed by atoms with van der Waals surface area (Å²) in [5.74, 6) is -0.270. The average molecular weight is 414 g/mol. The Hall–Kier alpha value is -3.64. The first-order valence-electron chi connectivity index (χ1n) is 10.3. The van der Waals surface area contributed by atoms with E-state index >= 15 is 0 Å². The molecule has 5 rings (SSSR count). The standard InChI is InChI=1S/C25H22N2O4/c28-23-21(27-20(16-30-25(27)29)17-10-4-1-5-11-17)22(18-12-6-2-7-13-18)31-24(26-23)19-14-8-3-9-15-19/h1-15,20-22,24H,16H2,(H,26,28)/t20-,21?,22?,24?/m1/s1. The topological polar surface area (TPSA) is 67.9 Å². The smallest absolute Gasteiger partial charge is 0.411 e. The van der Waals surface area contributed by atoms with Crippen molar-refractivity contribution in [1.82, 2.24) is 10.2 Å². The molecule has 31 heavy (non-hydrogen) atoms. The highest BCUT2D eigenvalue weighted by atomic mass is 16.6. The third kappa shape index (κ3) is 3.66. The maximum atomic E-state index is 13.4. The van der Waals surface area contributed by atoms with Crippen LogP contribution >= 0.6 is 0 Å². The Labute approximate surface area is 180 Å². The molecule has 2 aliphatic heterocycles. The molecule has 0 radical (unpaired) electrons. The maximum absolute atomic E-state index is 13.4. The minimum Gasteiger partial charge on any atom is -0.447 e. The summed E-state index contributed by atoms with van der Waals surface area (Å²) in [4.78, 5) is 27.7. The average Bonchev–Trinajstić information content (AvgIpc) is 3.21. The van der Waals surface area contributed by atoms with Crippen LogP contribution in [0.1, 0.15) is 35.1 Å². The van der Waals surface area contributed by atoms with Crippen LogP contribution in [-0.2, 0) is 14.3 Å². The summed E-state index contributed by atoms with van der Waals surface area (Å²) in [5, 5.41) is 2.94. The van der Waals surface area contributed by atoms with Crippen LogP contribution in [-0.4, -0.2) is 29.5 Å². The van der Waals surface area contributed by atoms with Crippen molar-refractivity contribution in [3.63, 3.8) is 0 Å². The zero-order chi connectivity index (χ0) is 21.2. The van der Waals surface area contributed by atoms with Crippen molar-refractivity contribution >= 4 is 12.0 Å². The van der Waals surface area contributed by atoms with Gasteiger partial charge in [0, 0.05) is 5.56 Å². The second kappa shape index (κ2) is 8.24. The van der Waals surface area contributed by atoms with E-state index in [1.54, 1.807) is 0 Å². The molecule has 0 spiro atoms. The van der Waals surface area contributed by atoms with Crippen LogP contribution in [0.5, 0.6) is 0 Å². The monoisotopic (exact) mass is 414 g/mol. The second-order valence-corrected chi connectivity index (χ2v) is 7.62. The second-order valence-electron chi connectivity index (χ2n) is 7.62. The minimum absolute atomic E-state index is 0.191. The van der Waals surface area contributed by atoms with Gasteiger partial charge < -0.3 is 14.8 Å². The SMILES string of the molecule is O=C1NC(c2ccccc2)OC(c2ccccc2)C1N1C(=O)OC[C@@H]1c1ccccc1. The highest BCUT2D eigenvalue weighted by Crippen LogP contribution is 2.40. The minimum atomic E-state index is -0.859. The van der Waals surface area contributed by atoms with Crippen LogP contribution < -0.4 is 5.32 Å². The molecule has 3 aromatic rings. The Kier molecular flexibility index (Phi) is 5.14. The molecule has 2 aliphatic rings. The van der Waals surface area contributed by atoms with E-state index in [0.29, 0.717) is 0 Å². The fourth-order valence-corrected chi connectivity index (χ4v) is 4.24. The molecule has 2 amide bonds. The number of ether oxygens (including phenoxy) is 2. The predicted molar refractivity (Wildman–Crippen MR) is 114 cm³/mol. The summed E-state index contributed by atoms with van der Waals surface area (Å²) in [6.45, 7) is 0.191. The van der Waals surface area contributed by atoms with E-state index in [2.05, 4.69) is 5.32 Å². The van der Waals surface area contributed by atoms with E-state index in [1.807, 2.05) is 91.0 Å². The Morgan fingerprint density at radius 3 is 1.90 bits per heavy atom. The number of hydrogen-bond acceptors (Lipinski definition) is 4. The summed E-state index contributed by atoms with van der Waals surface area (Å²) in [6.07, 6.45) is -1.77. The molecule has 0 bridgehead atoms. The summed E-state index contributed by atoms with van der Waals surface area (Å²) >= 11 is 0. The van der Waals surface area contributed by atoms with E-state index < -0.39 is 24.5 Å². The number of carbonyl (C=O) groups is 2. The summed E-state index contributed by atoms with van der Waals surface area (Å²) in [5.41, 5.74) is 2.59. The lowest BCUT2D eigenvalue weighted by atomic mass is 9.95. The van der Waals surface area contributed by atoms with Crippen LogP contribution in [0.15, 0.2) is 91.0 Å². The zero-order valence-corrected chi connectivity index (χ0v) is 16.8. The first-order chi connectivity index (χ1) is 15.2. The number of cyclic esters (lactones) is 1. The third-order valence-electron chi connectivity index (χ3n) is 5.74. The number of hydrogen-bond donors (Lipinski definition) is 1. The summed E-state index contributed by atoms with van der Waals surface area (Å²) in [6, 6.07) is 27.4. The van der Waals surface area contributed by atoms with E-state index in [-0.39, 0.29) is 18.6 Å². The predicted octanol–water partition coefficient (Wildman–Crippen LogP) is 4.14. The number of benzene rings is 3. The number of rotatable bonds is 4. The van der Waals surface area contributed by atoms with Gasteiger partial charge in [-0.2, -0.15) is 0 Å². The molecule has 0 aromatic heterocycles. The molecule has 2 saturated heterocycles. The molecule has 6 heteroatoms. The summed E-state index contributed by atoms with van der Waals surface area (Å²) < 4.78 is 11.8. The lowest BCUT2D eigenvalue weighted by Gasteiger charge is -2.41. The molecule has 2 fully saturated rings. The van der Waals surface area contributed by atoms with E-state index in [1.165, 1.54) is 4.90 Å². The highest BCUT2D eigenvalue weighted by Gasteiger charge is 2.50. The highest BCUT2D eigenvalue weighted by molar-refractivity contribution is 5.88. The van der Waals surface area contributed by atoms with Crippen molar-refractivity contribution in [3.05, 3.63) is 108 Å². The van der Waals surface area contributed by atoms with Crippen molar-refractivity contribution in [1.29, 1.82) is 0 Å². The molecule has 3 unspecified atom stereocenters. The van der Waals surface area contributed by atoms with Crippen molar-refractivity contribution in [3.8, 4) is 0 Å². The first-order valence-corrected chi connectivity index (χ1v) is 10.3. The number of carbonyl (C=O) groups excluding carboxylic acids is 2. The Morgan fingerprint density at radius 1 is 0.742 bits per heavy atom. The van der Waals surface area contributed by atoms with Crippen LogP contribution in [0.4, 0.5) is 4.79 Å². The van der Waals surface area contributed by atoms with Gasteiger partial charge in [0.15, 0.2) is 6.23 Å². The van der Waals surface area contributed by atoms with Crippen molar-refractivity contribution in [2.24, 2.45) is 0 Å². The van der Waals surface area contributed by atoms with E-state index in [4.69, 9.17) is 9.47 Å². The van der Waals surface area contributed by atoms with Crippen LogP contribution in [0, 0.1) is 0 Å². The van der Waals surface area contributed by atoms with Gasteiger partial charge in [0.25, 0.3) is 0 Å². The molecule has 156 valence electrons. The largest absolute Gasteiger partial charge is 0.447 e. The van der Waals surface area contributed by atoms with Gasteiger partial charge in [0.05, 0.1) is 6.04 Å². The van der Waals surface area contributed by atoms with Crippen molar-refractivity contribution < 1.29 is 19.1 Å². The van der Waals surface area contributed by atoms with Crippen LogP contribution in [0.25, 0.3) is 0 Å².